The monoisotopic (exact) mass is 867 g/mol. The van der Waals surface area contributed by atoms with Crippen molar-refractivity contribution in [2.75, 3.05) is 5.75 Å². The Balaban J connectivity index is 4.54. The van der Waals surface area contributed by atoms with E-state index in [1.54, 1.807) is 0 Å². The van der Waals surface area contributed by atoms with Crippen molar-refractivity contribution in [1.29, 1.82) is 0 Å². The molecule has 362 valence electrons. The Morgan fingerprint density at radius 2 is 0.383 bits per heavy atom. The molecule has 4 heteroatoms. The van der Waals surface area contributed by atoms with Crippen LogP contribution in [0.4, 0.5) is 0 Å². The van der Waals surface area contributed by atoms with Crippen LogP contribution < -0.4 is 0 Å². The van der Waals surface area contributed by atoms with Gasteiger partial charge < -0.3 is 0 Å². The Morgan fingerprint density at radius 3 is 0.517 bits per heavy atom. The Hall–Kier alpha value is -0.0900. The number of hydrogen-bond donors (Lipinski definition) is 1. The van der Waals surface area contributed by atoms with E-state index in [-0.39, 0.29) is 11.2 Å². The van der Waals surface area contributed by atoms with Crippen LogP contribution >= 0.6 is 0 Å². The third-order valence-electron chi connectivity index (χ3n) is 14.2. The van der Waals surface area contributed by atoms with Gasteiger partial charge in [-0.2, -0.15) is 8.42 Å². The minimum Gasteiger partial charge on any atom is -0.286 e. The summed E-state index contributed by atoms with van der Waals surface area (Å²) in [6.07, 6.45) is 68.3. The van der Waals surface area contributed by atoms with Gasteiger partial charge in [0.05, 0.1) is 5.75 Å². The van der Waals surface area contributed by atoms with Crippen LogP contribution in [0.25, 0.3) is 0 Å². The molecule has 0 aliphatic rings. The van der Waals surface area contributed by atoms with Crippen molar-refractivity contribution >= 4 is 10.1 Å². The predicted octanol–water partition coefficient (Wildman–Crippen LogP) is 20.8. The maximum atomic E-state index is 12.5. The highest BCUT2D eigenvalue weighted by atomic mass is 32.2. The molecule has 0 aliphatic heterocycles. The zero-order valence-electron chi connectivity index (χ0n) is 41.9. The van der Waals surface area contributed by atoms with Gasteiger partial charge in [-0.25, -0.2) is 0 Å². The van der Waals surface area contributed by atoms with E-state index in [4.69, 9.17) is 0 Å². The van der Waals surface area contributed by atoms with Gasteiger partial charge in [-0.15, -0.1) is 0 Å². The Morgan fingerprint density at radius 1 is 0.250 bits per heavy atom. The maximum absolute atomic E-state index is 12.5. The smallest absolute Gasteiger partial charge is 0.265 e. The van der Waals surface area contributed by atoms with Crippen LogP contribution in [0.3, 0.4) is 0 Å². The summed E-state index contributed by atoms with van der Waals surface area (Å²) in [5, 5.41) is 0. The molecule has 0 radical (unpaired) electrons. The predicted molar refractivity (Wildman–Crippen MR) is 271 cm³/mol. The first-order chi connectivity index (χ1) is 29.4. The van der Waals surface area contributed by atoms with Crippen LogP contribution in [0, 0.1) is 5.41 Å². The molecular formula is C56H114O3S. The normalized spacial score (nSPS) is 12.3. The summed E-state index contributed by atoms with van der Waals surface area (Å²) in [6.45, 7) is 6.89. The molecule has 0 aromatic carbocycles. The molecule has 60 heavy (non-hydrogen) atoms. The van der Waals surface area contributed by atoms with Gasteiger partial charge in [0, 0.05) is 0 Å². The summed E-state index contributed by atoms with van der Waals surface area (Å²) in [6, 6.07) is 0. The summed E-state index contributed by atoms with van der Waals surface area (Å²) in [7, 11) is -4.00. The zero-order chi connectivity index (χ0) is 43.8. The molecule has 0 atom stereocenters. The highest BCUT2D eigenvalue weighted by Gasteiger charge is 2.33. The maximum Gasteiger partial charge on any atom is 0.265 e. The largest absolute Gasteiger partial charge is 0.286 e. The Bertz CT molecular complexity index is 812. The van der Waals surface area contributed by atoms with Crippen molar-refractivity contribution in [2.24, 2.45) is 5.41 Å². The minimum atomic E-state index is -4.00. The molecule has 0 aliphatic carbocycles. The molecule has 0 fully saturated rings. The molecule has 0 saturated carbocycles. The summed E-state index contributed by atoms with van der Waals surface area (Å²) in [4.78, 5) is 0. The lowest BCUT2D eigenvalue weighted by molar-refractivity contribution is 0.221. The summed E-state index contributed by atoms with van der Waals surface area (Å²) in [5.74, 6) is -0.0176. The fourth-order valence-electron chi connectivity index (χ4n) is 10.1. The van der Waals surface area contributed by atoms with E-state index < -0.39 is 10.1 Å². The van der Waals surface area contributed by atoms with Gasteiger partial charge >= 0.3 is 0 Å². The van der Waals surface area contributed by atoms with Crippen LogP contribution in [0.5, 0.6) is 0 Å². The quantitative estimate of drug-likeness (QED) is 0.0489. The zero-order valence-corrected chi connectivity index (χ0v) is 42.8. The molecule has 0 saturated heterocycles. The fourth-order valence-corrected chi connectivity index (χ4v) is 11.3. The van der Waals surface area contributed by atoms with E-state index in [0.29, 0.717) is 0 Å². The number of rotatable bonds is 53. The van der Waals surface area contributed by atoms with Gasteiger partial charge in [0.25, 0.3) is 10.1 Å². The van der Waals surface area contributed by atoms with Crippen molar-refractivity contribution in [1.82, 2.24) is 0 Å². The molecule has 1 N–H and O–H groups in total. The first kappa shape index (κ1) is 59.9. The second-order valence-corrected chi connectivity index (χ2v) is 21.8. The van der Waals surface area contributed by atoms with E-state index >= 15 is 0 Å². The topological polar surface area (TPSA) is 54.4 Å². The van der Waals surface area contributed by atoms with Crippen LogP contribution in [0.15, 0.2) is 0 Å². The van der Waals surface area contributed by atoms with Crippen molar-refractivity contribution in [3.8, 4) is 0 Å². The fraction of sp³-hybridized carbons (Fsp3) is 1.00. The van der Waals surface area contributed by atoms with Gasteiger partial charge in [-0.3, -0.25) is 4.55 Å². The second-order valence-electron chi connectivity index (χ2n) is 20.4. The Labute approximate surface area is 380 Å². The minimum absolute atomic E-state index is 0.0176. The van der Waals surface area contributed by atoms with Crippen molar-refractivity contribution in [2.45, 2.75) is 348 Å². The van der Waals surface area contributed by atoms with E-state index in [1.807, 2.05) is 0 Å². The van der Waals surface area contributed by atoms with Crippen LogP contribution in [-0.4, -0.2) is 18.7 Å². The summed E-state index contributed by atoms with van der Waals surface area (Å²) < 4.78 is 35.3. The van der Waals surface area contributed by atoms with Crippen LogP contribution in [-0.2, 0) is 10.1 Å². The van der Waals surface area contributed by atoms with E-state index in [0.717, 1.165) is 38.5 Å². The summed E-state index contributed by atoms with van der Waals surface area (Å²) in [5.41, 5.74) is -0.240. The molecule has 0 amide bonds. The lowest BCUT2D eigenvalue weighted by Crippen LogP contribution is -2.30. The SMILES string of the molecule is CCCCCCCCCCCCCCCCCCC(CCCCCCCCCCCCCCCCCC)(CCCCCCCCCCCCCCCCCC)CS(=O)(=O)O. The molecular weight excluding hydrogens is 753 g/mol. The second kappa shape index (κ2) is 48.4. The van der Waals surface area contributed by atoms with Gasteiger partial charge in [0.1, 0.15) is 0 Å². The van der Waals surface area contributed by atoms with Crippen LogP contribution in [0.2, 0.25) is 0 Å². The Kier molecular flexibility index (Phi) is 48.3. The van der Waals surface area contributed by atoms with E-state index in [9.17, 15) is 13.0 Å². The first-order valence-corrected chi connectivity index (χ1v) is 29.9. The highest BCUT2D eigenvalue weighted by molar-refractivity contribution is 7.85. The van der Waals surface area contributed by atoms with Gasteiger partial charge in [-0.05, 0) is 24.7 Å². The summed E-state index contributed by atoms with van der Waals surface area (Å²) >= 11 is 0. The third kappa shape index (κ3) is 47.4. The van der Waals surface area contributed by atoms with Gasteiger partial charge in [0.2, 0.25) is 0 Å². The first-order valence-electron chi connectivity index (χ1n) is 28.3. The molecule has 0 rings (SSSR count). The van der Waals surface area contributed by atoms with Gasteiger partial charge in [-0.1, -0.05) is 329 Å². The number of unbranched alkanes of at least 4 members (excludes halogenated alkanes) is 45. The van der Waals surface area contributed by atoms with Crippen molar-refractivity contribution in [3.63, 3.8) is 0 Å². The average Bonchev–Trinajstić information content (AvgIpc) is 3.22. The molecule has 0 spiro atoms. The van der Waals surface area contributed by atoms with Crippen molar-refractivity contribution < 1.29 is 13.0 Å². The highest BCUT2D eigenvalue weighted by Crippen LogP contribution is 2.39. The van der Waals surface area contributed by atoms with Crippen molar-refractivity contribution in [3.05, 3.63) is 0 Å². The lowest BCUT2D eigenvalue weighted by atomic mass is 9.75. The molecule has 0 unspecified atom stereocenters. The molecule has 0 aromatic heterocycles. The molecule has 0 aromatic rings. The third-order valence-corrected chi connectivity index (χ3v) is 15.1. The van der Waals surface area contributed by atoms with E-state index in [1.165, 1.54) is 289 Å². The molecule has 0 bridgehead atoms. The lowest BCUT2D eigenvalue weighted by Gasteiger charge is -2.33. The van der Waals surface area contributed by atoms with E-state index in [2.05, 4.69) is 20.8 Å². The van der Waals surface area contributed by atoms with Crippen LogP contribution in [0.1, 0.15) is 348 Å². The number of hydrogen-bond acceptors (Lipinski definition) is 2. The molecule has 3 nitrogen and oxygen atoms in total. The standard InChI is InChI=1S/C56H114O3S/c1-4-7-10-13-16-19-22-25-28-31-34-37-40-43-46-49-52-56(55-60(57,58)59,53-50-47-44-41-38-35-32-29-26-23-20-17-14-11-8-5-2)54-51-48-45-42-39-36-33-30-27-24-21-18-15-12-9-6-3/h4-55H2,1-3H3,(H,57,58,59). The average molecular weight is 868 g/mol. The molecule has 0 heterocycles. The van der Waals surface area contributed by atoms with Gasteiger partial charge in [0.15, 0.2) is 0 Å².